The molecule has 0 bridgehead atoms. The van der Waals surface area contributed by atoms with Crippen molar-refractivity contribution in [3.63, 3.8) is 0 Å². The minimum Gasteiger partial charge on any atom is -0.313 e. The highest BCUT2D eigenvalue weighted by atomic mass is 15.2. The molecule has 96 valence electrons. The van der Waals surface area contributed by atoms with E-state index in [9.17, 15) is 0 Å². The minimum absolute atomic E-state index is 0.325. The second-order valence-electron chi connectivity index (χ2n) is 4.62. The lowest BCUT2D eigenvalue weighted by atomic mass is 10.0. The van der Waals surface area contributed by atoms with Crippen LogP contribution >= 0.6 is 0 Å². The Morgan fingerprint density at radius 2 is 1.94 bits per heavy atom. The highest BCUT2D eigenvalue weighted by Gasteiger charge is 2.11. The summed E-state index contributed by atoms with van der Waals surface area (Å²) in [7, 11) is 3.95. The Hall–Kier alpha value is -1.61. The summed E-state index contributed by atoms with van der Waals surface area (Å²) < 4.78 is 1.85. The van der Waals surface area contributed by atoms with Gasteiger partial charge in [0, 0.05) is 25.7 Å². The molecule has 1 unspecified atom stereocenters. The molecule has 0 radical (unpaired) electrons. The van der Waals surface area contributed by atoms with Crippen LogP contribution in [0.3, 0.4) is 0 Å². The number of hydrogen-bond donors (Lipinski definition) is 1. The summed E-state index contributed by atoms with van der Waals surface area (Å²) in [5.74, 6) is 0. The molecular weight excluding hydrogens is 222 g/mol. The van der Waals surface area contributed by atoms with Gasteiger partial charge >= 0.3 is 0 Å². The first-order valence-electron chi connectivity index (χ1n) is 6.47. The van der Waals surface area contributed by atoms with E-state index in [4.69, 9.17) is 0 Å². The first kappa shape index (κ1) is 12.8. The fourth-order valence-corrected chi connectivity index (χ4v) is 2.15. The normalized spacial score (nSPS) is 12.6. The maximum Gasteiger partial charge on any atom is 0.0643 e. The quantitative estimate of drug-likeness (QED) is 0.874. The van der Waals surface area contributed by atoms with Gasteiger partial charge in [0.05, 0.1) is 5.69 Å². The van der Waals surface area contributed by atoms with E-state index in [0.717, 1.165) is 18.5 Å². The highest BCUT2D eigenvalue weighted by molar-refractivity contribution is 5.26. The molecule has 3 heteroatoms. The fourth-order valence-electron chi connectivity index (χ4n) is 2.15. The number of nitrogens with one attached hydrogen (secondary N) is 1. The largest absolute Gasteiger partial charge is 0.313 e. The van der Waals surface area contributed by atoms with Crippen LogP contribution in [0.15, 0.2) is 36.5 Å². The number of rotatable bonds is 5. The van der Waals surface area contributed by atoms with Gasteiger partial charge in [0.25, 0.3) is 0 Å². The van der Waals surface area contributed by atoms with Crippen LogP contribution in [-0.2, 0) is 19.9 Å². The molecule has 1 atom stereocenters. The molecule has 0 spiro atoms. The van der Waals surface area contributed by atoms with Crippen molar-refractivity contribution in [2.24, 2.45) is 7.05 Å². The van der Waals surface area contributed by atoms with Crippen LogP contribution in [0, 0.1) is 0 Å². The molecule has 0 aliphatic rings. The van der Waals surface area contributed by atoms with E-state index in [0.29, 0.717) is 6.04 Å². The first-order valence-corrected chi connectivity index (χ1v) is 6.47. The van der Waals surface area contributed by atoms with Crippen LogP contribution in [0.25, 0.3) is 0 Å². The van der Waals surface area contributed by atoms with Crippen LogP contribution in [0.5, 0.6) is 0 Å². The molecule has 0 saturated heterocycles. The molecule has 2 rings (SSSR count). The average Bonchev–Trinajstić information content (AvgIpc) is 2.82. The van der Waals surface area contributed by atoms with E-state index < -0.39 is 0 Å². The van der Waals surface area contributed by atoms with Crippen molar-refractivity contribution in [2.75, 3.05) is 7.05 Å². The van der Waals surface area contributed by atoms with Crippen molar-refractivity contribution in [3.8, 4) is 0 Å². The molecule has 1 aromatic carbocycles. The molecule has 1 N–H and O–H groups in total. The molecular formula is C15H21N3. The van der Waals surface area contributed by atoms with E-state index in [2.05, 4.69) is 47.7 Å². The number of aryl methyl sites for hydroxylation is 2. The van der Waals surface area contributed by atoms with E-state index in [1.807, 2.05) is 25.0 Å². The van der Waals surface area contributed by atoms with Gasteiger partial charge in [0.1, 0.15) is 0 Å². The predicted molar refractivity (Wildman–Crippen MR) is 74.5 cm³/mol. The Labute approximate surface area is 109 Å². The van der Waals surface area contributed by atoms with Crippen molar-refractivity contribution < 1.29 is 0 Å². The van der Waals surface area contributed by atoms with Gasteiger partial charge in [-0.3, -0.25) is 4.68 Å². The van der Waals surface area contributed by atoms with Gasteiger partial charge in [-0.2, -0.15) is 5.10 Å². The summed E-state index contributed by atoms with van der Waals surface area (Å²) in [6.07, 6.45) is 4.00. The number of likely N-dealkylation sites (N-methyl/N-ethyl adjacent to an activating group) is 1. The number of aromatic nitrogens is 2. The van der Waals surface area contributed by atoms with Gasteiger partial charge in [-0.15, -0.1) is 0 Å². The molecule has 18 heavy (non-hydrogen) atoms. The van der Waals surface area contributed by atoms with Crippen LogP contribution in [-0.4, -0.2) is 16.8 Å². The Morgan fingerprint density at radius 1 is 1.22 bits per heavy atom. The average molecular weight is 243 g/mol. The van der Waals surface area contributed by atoms with Gasteiger partial charge in [-0.25, -0.2) is 0 Å². The van der Waals surface area contributed by atoms with Crippen LogP contribution < -0.4 is 5.32 Å². The summed E-state index contributed by atoms with van der Waals surface area (Å²) in [6.45, 7) is 2.18. The van der Waals surface area contributed by atoms with Gasteiger partial charge in [0.2, 0.25) is 0 Å². The topological polar surface area (TPSA) is 29.9 Å². The third kappa shape index (κ3) is 2.99. The Bertz CT molecular complexity index is 485. The molecule has 0 aliphatic heterocycles. The maximum atomic E-state index is 4.43. The van der Waals surface area contributed by atoms with Crippen LogP contribution in [0.1, 0.15) is 29.8 Å². The highest BCUT2D eigenvalue weighted by Crippen LogP contribution is 2.18. The Morgan fingerprint density at radius 3 is 2.44 bits per heavy atom. The summed E-state index contributed by atoms with van der Waals surface area (Å²) in [6, 6.07) is 11.2. The summed E-state index contributed by atoms with van der Waals surface area (Å²) in [4.78, 5) is 0. The van der Waals surface area contributed by atoms with Crippen LogP contribution in [0.2, 0.25) is 0 Å². The summed E-state index contributed by atoms with van der Waals surface area (Å²) in [5, 5.41) is 7.80. The summed E-state index contributed by atoms with van der Waals surface area (Å²) in [5.41, 5.74) is 3.82. The number of hydrogen-bond acceptors (Lipinski definition) is 2. The smallest absolute Gasteiger partial charge is 0.0643 e. The van der Waals surface area contributed by atoms with Crippen molar-refractivity contribution in [1.82, 2.24) is 15.1 Å². The monoisotopic (exact) mass is 243 g/mol. The Balaban J connectivity index is 2.12. The van der Waals surface area contributed by atoms with Crippen molar-refractivity contribution in [1.29, 1.82) is 0 Å². The second kappa shape index (κ2) is 5.83. The molecule has 0 fully saturated rings. The lowest BCUT2D eigenvalue weighted by molar-refractivity contribution is 0.577. The lowest BCUT2D eigenvalue weighted by Gasteiger charge is -2.15. The minimum atomic E-state index is 0.325. The van der Waals surface area contributed by atoms with Crippen LogP contribution in [0.4, 0.5) is 0 Å². The molecule has 1 aromatic heterocycles. The molecule has 2 aromatic rings. The van der Waals surface area contributed by atoms with E-state index in [1.54, 1.807) is 0 Å². The van der Waals surface area contributed by atoms with E-state index in [-0.39, 0.29) is 0 Å². The fraction of sp³-hybridized carbons (Fsp3) is 0.400. The molecule has 0 aliphatic carbocycles. The van der Waals surface area contributed by atoms with Gasteiger partial charge in [-0.1, -0.05) is 31.2 Å². The third-order valence-electron chi connectivity index (χ3n) is 3.32. The zero-order valence-electron chi connectivity index (χ0n) is 11.4. The maximum absolute atomic E-state index is 4.43. The molecule has 0 amide bonds. The zero-order chi connectivity index (χ0) is 13.0. The van der Waals surface area contributed by atoms with Gasteiger partial charge in [-0.05, 0) is 30.7 Å². The van der Waals surface area contributed by atoms with Crippen molar-refractivity contribution in [3.05, 3.63) is 53.3 Å². The summed E-state index contributed by atoms with van der Waals surface area (Å²) >= 11 is 0. The SMILES string of the molecule is CCc1ccc(C(Cc2ccn(C)n2)NC)cc1. The standard InChI is InChI=1S/C15H21N3/c1-4-12-5-7-13(8-6-12)15(16-2)11-14-9-10-18(3)17-14/h5-10,15-16H,4,11H2,1-3H3. The first-order chi connectivity index (χ1) is 8.72. The second-order valence-corrected chi connectivity index (χ2v) is 4.62. The van der Waals surface area contributed by atoms with E-state index >= 15 is 0 Å². The lowest BCUT2D eigenvalue weighted by Crippen LogP contribution is -2.19. The van der Waals surface area contributed by atoms with Crippen molar-refractivity contribution >= 4 is 0 Å². The molecule has 0 saturated carbocycles. The number of benzene rings is 1. The predicted octanol–water partition coefficient (Wildman–Crippen LogP) is 2.49. The van der Waals surface area contributed by atoms with Crippen molar-refractivity contribution in [2.45, 2.75) is 25.8 Å². The molecule has 1 heterocycles. The van der Waals surface area contributed by atoms with Gasteiger partial charge < -0.3 is 5.32 Å². The molecule has 3 nitrogen and oxygen atoms in total. The van der Waals surface area contributed by atoms with Gasteiger partial charge in [0.15, 0.2) is 0 Å². The zero-order valence-corrected chi connectivity index (χ0v) is 11.4. The van der Waals surface area contributed by atoms with E-state index in [1.165, 1.54) is 11.1 Å². The Kier molecular flexibility index (Phi) is 4.15. The third-order valence-corrected chi connectivity index (χ3v) is 3.32. The number of nitrogens with zero attached hydrogens (tertiary/aromatic N) is 2.